The Morgan fingerprint density at radius 3 is 2.60 bits per heavy atom. The summed E-state index contributed by atoms with van der Waals surface area (Å²) in [4.78, 5) is 12.6. The average molecular weight is 420 g/mol. The molecule has 0 saturated carbocycles. The first kappa shape index (κ1) is 13.9. The third-order valence-corrected chi connectivity index (χ3v) is 4.69. The van der Waals surface area contributed by atoms with E-state index in [0.29, 0.717) is 14.5 Å². The fourth-order valence-electron chi connectivity index (χ4n) is 1.92. The van der Waals surface area contributed by atoms with Gasteiger partial charge in [-0.3, -0.25) is 15.0 Å². The Morgan fingerprint density at radius 1 is 1.20 bits per heavy atom. The van der Waals surface area contributed by atoms with Crippen LogP contribution in [-0.4, -0.2) is 16.0 Å². The highest BCUT2D eigenvalue weighted by Gasteiger charge is 2.22. The van der Waals surface area contributed by atoms with Crippen molar-refractivity contribution in [2.75, 3.05) is 0 Å². The Hall–Kier alpha value is -1.11. The van der Waals surface area contributed by atoms with E-state index in [1.807, 2.05) is 0 Å². The molecule has 0 aliphatic carbocycles. The van der Waals surface area contributed by atoms with Crippen molar-refractivity contribution in [1.29, 1.82) is 0 Å². The van der Waals surface area contributed by atoms with Crippen molar-refractivity contribution < 1.29 is 9.18 Å². The molecular formula is C13H6Br2ClFN2O. The number of aromatic nitrogens is 2. The third kappa shape index (κ3) is 2.12. The first-order valence-electron chi connectivity index (χ1n) is 5.53. The second-order valence-electron chi connectivity index (χ2n) is 4.17. The second kappa shape index (κ2) is 5.02. The van der Waals surface area contributed by atoms with Gasteiger partial charge in [-0.05, 0) is 56.1 Å². The van der Waals surface area contributed by atoms with Crippen LogP contribution in [0, 0.1) is 5.82 Å². The normalized spacial score (nSPS) is 11.2. The second-order valence-corrected chi connectivity index (χ2v) is 6.23. The quantitative estimate of drug-likeness (QED) is 0.561. The Balaban J connectivity index is 2.20. The van der Waals surface area contributed by atoms with Crippen molar-refractivity contribution in [3.8, 4) is 0 Å². The van der Waals surface area contributed by atoms with E-state index >= 15 is 0 Å². The molecule has 0 spiro atoms. The Bertz CT molecular complexity index is 840. The van der Waals surface area contributed by atoms with Crippen molar-refractivity contribution in [3.63, 3.8) is 0 Å². The zero-order chi connectivity index (χ0) is 14.4. The van der Waals surface area contributed by atoms with Crippen molar-refractivity contribution in [3.05, 3.63) is 55.2 Å². The molecule has 2 aromatic carbocycles. The number of benzene rings is 2. The van der Waals surface area contributed by atoms with Crippen LogP contribution in [0.25, 0.3) is 11.0 Å². The number of hydrogen-bond donors (Lipinski definition) is 2. The van der Waals surface area contributed by atoms with Gasteiger partial charge in [0.05, 0.1) is 26.1 Å². The van der Waals surface area contributed by atoms with Gasteiger partial charge in [-0.1, -0.05) is 11.6 Å². The molecule has 3 nitrogen and oxygen atoms in total. The van der Waals surface area contributed by atoms with E-state index in [2.05, 4.69) is 42.1 Å². The fraction of sp³-hybridized carbons (Fsp3) is 0. The van der Waals surface area contributed by atoms with E-state index in [1.54, 1.807) is 6.07 Å². The number of H-pyrrole nitrogens is 2. The highest BCUT2D eigenvalue weighted by atomic mass is 79.9. The Morgan fingerprint density at radius 2 is 1.95 bits per heavy atom. The number of aromatic amines is 2. The van der Waals surface area contributed by atoms with Gasteiger partial charge >= 0.3 is 0 Å². The number of halogens is 4. The number of carbonyl (C=O) groups is 1. The van der Waals surface area contributed by atoms with Crippen LogP contribution < -0.4 is 0 Å². The van der Waals surface area contributed by atoms with E-state index in [0.717, 1.165) is 17.1 Å². The lowest BCUT2D eigenvalue weighted by Gasteiger charge is -2.13. The summed E-state index contributed by atoms with van der Waals surface area (Å²) in [5.74, 6) is -0.863. The molecule has 0 radical (unpaired) electrons. The zero-order valence-electron chi connectivity index (χ0n) is 9.73. The maximum atomic E-state index is 13.3. The smallest absolute Gasteiger partial charge is 0.196 e. The highest BCUT2D eigenvalue weighted by molar-refractivity contribution is 9.11. The number of rotatable bonds is 2. The van der Waals surface area contributed by atoms with E-state index < -0.39 is 5.82 Å². The summed E-state index contributed by atoms with van der Waals surface area (Å²) in [6.45, 7) is 0. The Kier molecular flexibility index (Phi) is 3.48. The molecule has 3 aromatic rings. The molecular weight excluding hydrogens is 414 g/mol. The fourth-order valence-corrected chi connectivity index (χ4v) is 3.70. The number of fused-ring (bicyclic) bond motifs is 1. The van der Waals surface area contributed by atoms with Crippen molar-refractivity contribution >= 4 is 60.3 Å². The minimum Gasteiger partial charge on any atom is -0.299 e. The summed E-state index contributed by atoms with van der Waals surface area (Å²) in [5, 5.41) is 5.98. The van der Waals surface area contributed by atoms with Gasteiger partial charge in [0, 0.05) is 10.0 Å². The minimum atomic E-state index is -0.506. The van der Waals surface area contributed by atoms with Gasteiger partial charge < -0.3 is 0 Å². The van der Waals surface area contributed by atoms with Crippen LogP contribution in [-0.2, 0) is 0 Å². The maximum absolute atomic E-state index is 13.3. The number of nitrogens with one attached hydrogen (secondary N) is 2. The molecule has 0 aliphatic heterocycles. The maximum Gasteiger partial charge on any atom is 0.196 e. The lowest BCUT2D eigenvalue weighted by atomic mass is 10.0. The largest absolute Gasteiger partial charge is 0.299 e. The molecule has 0 fully saturated rings. The van der Waals surface area contributed by atoms with Crippen molar-refractivity contribution in [2.24, 2.45) is 0 Å². The predicted molar refractivity (Wildman–Crippen MR) is 82.9 cm³/mol. The van der Waals surface area contributed by atoms with Gasteiger partial charge in [0.15, 0.2) is 5.78 Å². The summed E-state index contributed by atoms with van der Waals surface area (Å²) in [5.41, 5.74) is 2.17. The van der Waals surface area contributed by atoms with Gasteiger partial charge in [0.25, 0.3) is 0 Å². The van der Waals surface area contributed by atoms with Gasteiger partial charge in [-0.2, -0.15) is 0 Å². The Labute approximate surface area is 134 Å². The van der Waals surface area contributed by atoms with Gasteiger partial charge in [0.1, 0.15) is 5.82 Å². The molecule has 0 aliphatic rings. The summed E-state index contributed by atoms with van der Waals surface area (Å²) in [7, 11) is 0. The van der Waals surface area contributed by atoms with Crippen molar-refractivity contribution in [1.82, 2.24) is 10.2 Å². The van der Waals surface area contributed by atoms with Crippen LogP contribution in [0.5, 0.6) is 0 Å². The molecule has 2 N–H and O–H groups in total. The molecule has 0 unspecified atom stereocenters. The third-order valence-electron chi connectivity index (χ3n) is 2.94. The van der Waals surface area contributed by atoms with Crippen LogP contribution in [0.2, 0.25) is 5.02 Å². The van der Waals surface area contributed by atoms with Crippen LogP contribution in [0.15, 0.2) is 33.2 Å². The number of hydrogen-bond acceptors (Lipinski definition) is 1. The van der Waals surface area contributed by atoms with Crippen LogP contribution in [0.4, 0.5) is 4.39 Å². The standard InChI is InChI=1S/C13H6Br2ClFN2O/c14-7-4-9-12(19-18-9)11(15)10(7)13(20)6-3-5(17)1-2-8(6)16/h1-4,18-19H. The average Bonchev–Trinajstić information content (AvgIpc) is 2.36. The minimum absolute atomic E-state index is 0.125. The summed E-state index contributed by atoms with van der Waals surface area (Å²) in [6, 6.07) is 5.49. The number of ketones is 1. The topological polar surface area (TPSA) is 48.6 Å². The van der Waals surface area contributed by atoms with Crippen LogP contribution >= 0.6 is 43.5 Å². The molecule has 0 atom stereocenters. The molecule has 20 heavy (non-hydrogen) atoms. The van der Waals surface area contributed by atoms with Gasteiger partial charge in [-0.25, -0.2) is 4.39 Å². The van der Waals surface area contributed by atoms with E-state index in [-0.39, 0.29) is 16.4 Å². The van der Waals surface area contributed by atoms with Gasteiger partial charge in [0.2, 0.25) is 0 Å². The van der Waals surface area contributed by atoms with E-state index in [9.17, 15) is 9.18 Å². The molecule has 0 bridgehead atoms. The monoisotopic (exact) mass is 418 g/mol. The highest BCUT2D eigenvalue weighted by Crippen LogP contribution is 2.35. The predicted octanol–water partition coefficient (Wildman–Crippen LogP) is 5.04. The SMILES string of the molecule is O=C(c1cc(F)ccc1Cl)c1c(Br)cc2[nH][nH]c2c1Br. The molecule has 0 saturated heterocycles. The number of carbonyl (C=O) groups excluding carboxylic acids is 1. The molecule has 102 valence electrons. The zero-order valence-corrected chi connectivity index (χ0v) is 13.7. The van der Waals surface area contributed by atoms with Crippen LogP contribution in [0.1, 0.15) is 15.9 Å². The first-order chi connectivity index (χ1) is 9.49. The van der Waals surface area contributed by atoms with Gasteiger partial charge in [-0.15, -0.1) is 0 Å². The van der Waals surface area contributed by atoms with Crippen molar-refractivity contribution in [2.45, 2.75) is 0 Å². The summed E-state index contributed by atoms with van der Waals surface area (Å²) >= 11 is 12.7. The van der Waals surface area contributed by atoms with Crippen LogP contribution in [0.3, 0.4) is 0 Å². The van der Waals surface area contributed by atoms with E-state index in [4.69, 9.17) is 11.6 Å². The molecule has 7 heteroatoms. The molecule has 1 heterocycles. The lowest BCUT2D eigenvalue weighted by molar-refractivity contribution is 0.103. The first-order valence-corrected chi connectivity index (χ1v) is 7.49. The molecule has 0 amide bonds. The molecule has 3 rings (SSSR count). The van der Waals surface area contributed by atoms with E-state index in [1.165, 1.54) is 12.1 Å². The lowest BCUT2D eigenvalue weighted by Crippen LogP contribution is -2.07. The summed E-state index contributed by atoms with van der Waals surface area (Å²) < 4.78 is 14.5. The molecule has 1 aromatic heterocycles. The summed E-state index contributed by atoms with van der Waals surface area (Å²) in [6.07, 6.45) is 0.